The van der Waals surface area contributed by atoms with E-state index in [1.54, 1.807) is 6.26 Å². The number of carbonyl (C=O) groups excluding carboxylic acids is 6. The molecule has 332 valence electrons. The molecule has 0 aliphatic rings. The minimum atomic E-state index is -1.88. The number of phenolic OH excluding ortho intramolecular Hbond substituents is 1. The number of aromatic amines is 1. The first kappa shape index (κ1) is 50.4. The molecule has 0 radical (unpaired) electrons. The average molecular weight is 866 g/mol. The van der Waals surface area contributed by atoms with Crippen LogP contribution in [0.4, 0.5) is 0 Å². The van der Waals surface area contributed by atoms with Crippen molar-refractivity contribution in [1.82, 2.24) is 41.9 Å². The van der Waals surface area contributed by atoms with E-state index in [0.29, 0.717) is 17.7 Å². The highest BCUT2D eigenvalue weighted by molar-refractivity contribution is 7.98. The van der Waals surface area contributed by atoms with Gasteiger partial charge in [-0.3, -0.25) is 33.6 Å². The fourth-order valence-corrected chi connectivity index (χ4v) is 6.08. The number of phenols is 1. The zero-order valence-electron chi connectivity index (χ0n) is 33.5. The number of hydrogen-bond acceptors (Lipinski definition) is 14. The number of aromatic nitrogens is 2. The lowest BCUT2D eigenvalue weighted by atomic mass is 10.0. The average Bonchev–Trinajstić information content (AvgIpc) is 3.69. The Bertz CT molecular complexity index is 1760. The number of benzene rings is 1. The van der Waals surface area contributed by atoms with Crippen LogP contribution in [0.2, 0.25) is 0 Å². The highest BCUT2D eigenvalue weighted by Gasteiger charge is 2.35. The molecule has 2 aromatic rings. The largest absolute Gasteiger partial charge is 0.508 e. The Morgan fingerprint density at radius 3 is 1.80 bits per heavy atom. The van der Waals surface area contributed by atoms with Crippen LogP contribution < -0.4 is 37.6 Å². The summed E-state index contributed by atoms with van der Waals surface area (Å²) in [4.78, 5) is 110. The first-order valence-electron chi connectivity index (χ1n) is 18.8. The normalized spacial score (nSPS) is 15.1. The van der Waals surface area contributed by atoms with E-state index in [0.717, 1.165) is 0 Å². The minimum Gasteiger partial charge on any atom is -0.508 e. The number of carboxylic acid groups (broad SMARTS) is 2. The van der Waals surface area contributed by atoms with Crippen molar-refractivity contribution in [2.75, 3.05) is 18.6 Å². The van der Waals surface area contributed by atoms with Gasteiger partial charge in [-0.2, -0.15) is 11.8 Å². The quantitative estimate of drug-likeness (QED) is 0.0445. The van der Waals surface area contributed by atoms with Gasteiger partial charge in [0.2, 0.25) is 35.4 Å². The number of nitrogens with two attached hydrogens (primary N) is 1. The lowest BCUT2D eigenvalue weighted by Gasteiger charge is -2.28. The molecule has 60 heavy (non-hydrogen) atoms. The topological polar surface area (TPSA) is 365 Å². The van der Waals surface area contributed by atoms with Gasteiger partial charge in [-0.15, -0.1) is 0 Å². The lowest BCUT2D eigenvalue weighted by molar-refractivity contribution is -0.147. The predicted octanol–water partition coefficient (Wildman–Crippen LogP) is -3.13. The number of carbonyl (C=O) groups is 8. The third-order valence-corrected chi connectivity index (χ3v) is 9.44. The summed E-state index contributed by atoms with van der Waals surface area (Å²) in [5.74, 6) is -8.59. The summed E-state index contributed by atoms with van der Waals surface area (Å²) < 4.78 is 0. The number of aliphatic carboxylic acids is 2. The first-order valence-corrected chi connectivity index (χ1v) is 20.2. The SMILES string of the molecule is CSCC[C@H](NC(=O)[C@@H](N)CC(C)C)C(=O)N[C@H](C(=O)N[C@@H](Cc1ccc(O)cc1)C(=O)N[C@@H](CO)C(=O)N[C@@H](Cc1cnc[nH]1)C(=O)N[C@@H](CC(=O)O)C(=O)O)[C@@H](C)O. The number of H-pyrrole nitrogens is 1. The van der Waals surface area contributed by atoms with Crippen LogP contribution in [0.1, 0.15) is 51.3 Å². The van der Waals surface area contributed by atoms with Gasteiger partial charge in [0.05, 0.1) is 31.5 Å². The Morgan fingerprint density at radius 1 is 0.750 bits per heavy atom. The van der Waals surface area contributed by atoms with Crippen molar-refractivity contribution < 1.29 is 63.9 Å². The van der Waals surface area contributed by atoms with Crippen LogP contribution in [-0.4, -0.2) is 150 Å². The molecule has 0 bridgehead atoms. The maximum atomic E-state index is 13.8. The molecule has 0 aliphatic heterocycles. The van der Waals surface area contributed by atoms with Crippen molar-refractivity contribution in [2.24, 2.45) is 11.7 Å². The second-order valence-corrected chi connectivity index (χ2v) is 15.3. The van der Waals surface area contributed by atoms with Crippen molar-refractivity contribution in [2.45, 2.75) is 101 Å². The molecule has 6 amide bonds. The van der Waals surface area contributed by atoms with Gasteiger partial charge in [-0.05, 0) is 55.4 Å². The molecule has 0 fully saturated rings. The van der Waals surface area contributed by atoms with Gasteiger partial charge in [0.1, 0.15) is 42.0 Å². The number of aliphatic hydroxyl groups is 2. The Kier molecular flexibility index (Phi) is 21.0. The molecule has 1 aromatic carbocycles. The Morgan fingerprint density at radius 2 is 1.28 bits per heavy atom. The summed E-state index contributed by atoms with van der Waals surface area (Å²) >= 11 is 1.39. The van der Waals surface area contributed by atoms with Crippen LogP contribution in [0.15, 0.2) is 36.8 Å². The van der Waals surface area contributed by atoms with E-state index < -0.39 is 109 Å². The molecule has 0 saturated heterocycles. The van der Waals surface area contributed by atoms with E-state index in [4.69, 9.17) is 10.8 Å². The van der Waals surface area contributed by atoms with Crippen LogP contribution in [0, 0.1) is 5.92 Å². The molecule has 2 rings (SSSR count). The van der Waals surface area contributed by atoms with E-state index in [-0.39, 0.29) is 36.6 Å². The number of amides is 6. The van der Waals surface area contributed by atoms with Gasteiger partial charge in [-0.1, -0.05) is 26.0 Å². The molecule has 22 nitrogen and oxygen atoms in total. The summed E-state index contributed by atoms with van der Waals surface area (Å²) in [6.07, 6.45) is 1.69. The monoisotopic (exact) mass is 865 g/mol. The van der Waals surface area contributed by atoms with Gasteiger partial charge >= 0.3 is 11.9 Å². The van der Waals surface area contributed by atoms with E-state index in [1.165, 1.54) is 55.5 Å². The fraction of sp³-hybridized carbons (Fsp3) is 0.541. The molecule has 8 atom stereocenters. The lowest BCUT2D eigenvalue weighted by Crippen LogP contribution is -2.62. The number of aromatic hydroxyl groups is 1. The van der Waals surface area contributed by atoms with Crippen LogP contribution in [0.5, 0.6) is 5.75 Å². The summed E-state index contributed by atoms with van der Waals surface area (Å²) in [6.45, 7) is 3.90. The first-order chi connectivity index (χ1) is 28.2. The van der Waals surface area contributed by atoms with Gasteiger partial charge in [-0.25, -0.2) is 9.78 Å². The van der Waals surface area contributed by atoms with Crippen LogP contribution in [0.3, 0.4) is 0 Å². The standard InChI is InChI=1S/C37H55N9O13S/c1-18(2)11-23(38)31(52)41-24(9-10-60-4)32(53)46-30(19(3)48)36(57)43-25(12-20-5-7-22(49)8-6-20)33(54)45-28(16-47)35(56)42-26(13-21-15-39-17-40-21)34(55)44-27(37(58)59)14-29(50)51/h5-8,15,17-19,23-28,30,47-49H,9-14,16,38H2,1-4H3,(H,39,40)(H,41,52)(H,42,56)(H,43,57)(H,44,55)(H,45,54)(H,46,53)(H,50,51)(H,58,59)/t19-,23+,24+,25+,26+,27+,28+,30+/m1/s1. The maximum Gasteiger partial charge on any atom is 0.326 e. The predicted molar refractivity (Wildman–Crippen MR) is 215 cm³/mol. The summed E-state index contributed by atoms with van der Waals surface area (Å²) in [5, 5.41) is 63.2. The highest BCUT2D eigenvalue weighted by atomic mass is 32.2. The number of thioether (sulfide) groups is 1. The molecular weight excluding hydrogens is 811 g/mol. The molecule has 0 saturated carbocycles. The second kappa shape index (κ2) is 25.0. The smallest absolute Gasteiger partial charge is 0.326 e. The molecule has 0 unspecified atom stereocenters. The summed E-state index contributed by atoms with van der Waals surface area (Å²) in [7, 11) is 0. The zero-order chi connectivity index (χ0) is 45.1. The molecule has 1 aromatic heterocycles. The Balaban J connectivity index is 2.35. The molecule has 23 heteroatoms. The molecular formula is C37H55N9O13S. The number of hydrogen-bond donors (Lipinski definition) is 13. The number of aliphatic hydroxyl groups excluding tert-OH is 2. The van der Waals surface area contributed by atoms with E-state index >= 15 is 0 Å². The van der Waals surface area contributed by atoms with Crippen LogP contribution in [-0.2, 0) is 51.2 Å². The van der Waals surface area contributed by atoms with Crippen molar-refractivity contribution in [3.05, 3.63) is 48.0 Å². The van der Waals surface area contributed by atoms with Gasteiger partial charge in [0, 0.05) is 24.7 Å². The van der Waals surface area contributed by atoms with Gasteiger partial charge in [0.15, 0.2) is 0 Å². The number of carboxylic acids is 2. The van der Waals surface area contributed by atoms with Crippen molar-refractivity contribution >= 4 is 59.1 Å². The molecule has 0 spiro atoms. The number of imidazole rings is 1. The van der Waals surface area contributed by atoms with Crippen LogP contribution in [0.25, 0.3) is 0 Å². The van der Waals surface area contributed by atoms with Crippen molar-refractivity contribution in [1.29, 1.82) is 0 Å². The molecule has 14 N–H and O–H groups in total. The minimum absolute atomic E-state index is 0.0858. The Labute approximate surface area is 349 Å². The molecule has 0 aliphatic carbocycles. The third kappa shape index (κ3) is 17.2. The Hall–Kier alpha value is -5.78. The second-order valence-electron chi connectivity index (χ2n) is 14.3. The maximum absolute atomic E-state index is 13.8. The van der Waals surface area contributed by atoms with Gasteiger partial charge in [0.25, 0.3) is 0 Å². The number of rotatable bonds is 26. The summed E-state index contributed by atoms with van der Waals surface area (Å²) in [5.41, 5.74) is 6.69. The highest BCUT2D eigenvalue weighted by Crippen LogP contribution is 2.13. The number of nitrogens with zero attached hydrogens (tertiary/aromatic N) is 1. The van der Waals surface area contributed by atoms with E-state index in [2.05, 4.69) is 36.6 Å². The van der Waals surface area contributed by atoms with E-state index in [9.17, 15) is 58.8 Å². The van der Waals surface area contributed by atoms with Crippen LogP contribution >= 0.6 is 11.8 Å². The third-order valence-electron chi connectivity index (χ3n) is 8.80. The van der Waals surface area contributed by atoms with Crippen molar-refractivity contribution in [3.63, 3.8) is 0 Å². The van der Waals surface area contributed by atoms with Gasteiger partial charge < -0.3 is 68.2 Å². The van der Waals surface area contributed by atoms with E-state index in [1.807, 2.05) is 19.2 Å². The van der Waals surface area contributed by atoms with Crippen molar-refractivity contribution in [3.8, 4) is 5.75 Å². The fourth-order valence-electron chi connectivity index (χ4n) is 5.61. The zero-order valence-corrected chi connectivity index (χ0v) is 34.4. The number of nitrogens with one attached hydrogen (secondary N) is 7. The molecule has 1 heterocycles. The summed E-state index contributed by atoms with van der Waals surface area (Å²) in [6, 6.07) is -5.09.